The van der Waals surface area contributed by atoms with Crippen LogP contribution in [-0.4, -0.2) is 15.0 Å². The highest BCUT2D eigenvalue weighted by Crippen LogP contribution is 2.38. The van der Waals surface area contributed by atoms with E-state index in [-0.39, 0.29) is 0 Å². The fraction of sp³-hybridized carbons (Fsp3) is 0.0385. The van der Waals surface area contributed by atoms with Gasteiger partial charge in [-0.05, 0) is 55.0 Å². The van der Waals surface area contributed by atoms with Crippen LogP contribution >= 0.6 is 0 Å². The minimum Gasteiger partial charge on any atom is -0.355 e. The summed E-state index contributed by atoms with van der Waals surface area (Å²) in [4.78, 5) is 14.1. The zero-order chi connectivity index (χ0) is 20.1. The number of aromatic nitrogens is 3. The minimum atomic E-state index is 0.810. The van der Waals surface area contributed by atoms with Gasteiger partial charge >= 0.3 is 0 Å². The highest BCUT2D eigenvalue weighted by Gasteiger charge is 2.19. The van der Waals surface area contributed by atoms with E-state index in [0.29, 0.717) is 0 Å². The molecule has 0 spiro atoms. The maximum atomic E-state index is 4.90. The van der Waals surface area contributed by atoms with Crippen LogP contribution in [0.5, 0.6) is 0 Å². The topological polar surface area (TPSA) is 47.7 Å². The monoisotopic (exact) mass is 388 g/mol. The van der Waals surface area contributed by atoms with E-state index in [1.807, 2.05) is 18.2 Å². The lowest BCUT2D eigenvalue weighted by Gasteiger charge is -2.24. The fourth-order valence-electron chi connectivity index (χ4n) is 4.21. The molecular weight excluding hydrogens is 368 g/mol. The molecule has 0 saturated carbocycles. The number of imidazole rings is 1. The lowest BCUT2D eigenvalue weighted by molar-refractivity contribution is 1.15. The van der Waals surface area contributed by atoms with Crippen LogP contribution in [0, 0.1) is 6.92 Å². The number of para-hydroxylation sites is 4. The molecule has 0 fully saturated rings. The van der Waals surface area contributed by atoms with Gasteiger partial charge in [-0.15, -0.1) is 0 Å². The van der Waals surface area contributed by atoms with Crippen LogP contribution in [0.25, 0.3) is 32.8 Å². The van der Waals surface area contributed by atoms with Crippen molar-refractivity contribution >= 4 is 50.2 Å². The van der Waals surface area contributed by atoms with Crippen molar-refractivity contribution in [2.24, 2.45) is 0 Å². The predicted molar refractivity (Wildman–Crippen MR) is 125 cm³/mol. The Hall–Kier alpha value is -4.05. The molecule has 4 aromatic carbocycles. The van der Waals surface area contributed by atoms with E-state index in [4.69, 9.17) is 4.98 Å². The van der Waals surface area contributed by atoms with Gasteiger partial charge in [-0.1, -0.05) is 48.5 Å². The molecule has 4 heteroatoms. The summed E-state index contributed by atoms with van der Waals surface area (Å²) >= 11 is 0. The first-order valence-electron chi connectivity index (χ1n) is 10.1. The molecule has 2 N–H and O–H groups in total. The summed E-state index contributed by atoms with van der Waals surface area (Å²) in [6.07, 6.45) is 0. The molecule has 4 nitrogen and oxygen atoms in total. The summed E-state index contributed by atoms with van der Waals surface area (Å²) in [5.41, 5.74) is 7.64. The molecule has 6 aromatic rings. The highest BCUT2D eigenvalue weighted by atomic mass is 15.3. The zero-order valence-electron chi connectivity index (χ0n) is 16.6. The number of fused-ring (bicyclic) bond motifs is 4. The summed E-state index contributed by atoms with van der Waals surface area (Å²) in [6.45, 7) is 2.13. The molecule has 2 aromatic heterocycles. The van der Waals surface area contributed by atoms with Crippen molar-refractivity contribution in [3.63, 3.8) is 0 Å². The Balaban J connectivity index is 1.62. The van der Waals surface area contributed by atoms with Crippen LogP contribution in [0.4, 0.5) is 17.3 Å². The number of aryl methyl sites for hydroxylation is 1. The van der Waals surface area contributed by atoms with Crippen molar-refractivity contribution in [2.45, 2.75) is 6.92 Å². The Morgan fingerprint density at radius 2 is 1.40 bits per heavy atom. The maximum Gasteiger partial charge on any atom is 0.213 e. The second-order valence-electron chi connectivity index (χ2n) is 7.60. The minimum absolute atomic E-state index is 0.810. The van der Waals surface area contributed by atoms with Crippen molar-refractivity contribution < 1.29 is 0 Å². The standard InChI is InChI=1S/C26H20N4/c1-17-8-2-7-13-25(17)30(26-28-23-11-5-6-12-24(23)29-26)18-14-15-22-20(16-18)19-9-3-4-10-21(19)27-22/h2-16,27H,1H3,(H,28,29). The van der Waals surface area contributed by atoms with Crippen molar-refractivity contribution in [1.82, 2.24) is 15.0 Å². The van der Waals surface area contributed by atoms with E-state index in [9.17, 15) is 0 Å². The largest absolute Gasteiger partial charge is 0.355 e. The van der Waals surface area contributed by atoms with Crippen LogP contribution in [0.2, 0.25) is 0 Å². The number of benzene rings is 4. The fourth-order valence-corrected chi connectivity index (χ4v) is 4.21. The molecule has 0 aliphatic heterocycles. The summed E-state index contributed by atoms with van der Waals surface area (Å²) in [6, 6.07) is 31.5. The average Bonchev–Trinajstić information content (AvgIpc) is 3.36. The predicted octanol–water partition coefficient (Wildman–Crippen LogP) is 6.98. The summed E-state index contributed by atoms with van der Waals surface area (Å²) in [7, 11) is 0. The molecule has 30 heavy (non-hydrogen) atoms. The Labute approximate surface area is 173 Å². The second kappa shape index (κ2) is 6.49. The molecule has 0 atom stereocenters. The highest BCUT2D eigenvalue weighted by molar-refractivity contribution is 6.08. The molecule has 0 radical (unpaired) electrons. The second-order valence-corrected chi connectivity index (χ2v) is 7.60. The van der Waals surface area contributed by atoms with E-state index in [0.717, 1.165) is 39.4 Å². The molecule has 0 saturated heterocycles. The van der Waals surface area contributed by atoms with Crippen molar-refractivity contribution in [3.8, 4) is 0 Å². The first-order chi connectivity index (χ1) is 14.8. The van der Waals surface area contributed by atoms with Gasteiger partial charge in [0.2, 0.25) is 5.95 Å². The summed E-state index contributed by atoms with van der Waals surface area (Å²) in [5, 5.41) is 2.43. The van der Waals surface area contributed by atoms with E-state index in [2.05, 4.69) is 94.6 Å². The SMILES string of the molecule is Cc1ccccc1N(c1ccc2[nH]c3ccccc3c2c1)c1nc2ccccc2[nH]1. The zero-order valence-corrected chi connectivity index (χ0v) is 16.6. The van der Waals surface area contributed by atoms with Gasteiger partial charge in [0.1, 0.15) is 0 Å². The van der Waals surface area contributed by atoms with E-state index in [1.54, 1.807) is 0 Å². The Morgan fingerprint density at radius 3 is 2.27 bits per heavy atom. The van der Waals surface area contributed by atoms with Gasteiger partial charge in [0.25, 0.3) is 0 Å². The first kappa shape index (κ1) is 16.9. The van der Waals surface area contributed by atoms with Gasteiger partial charge in [0, 0.05) is 27.5 Å². The molecule has 6 rings (SSSR count). The van der Waals surface area contributed by atoms with Crippen LogP contribution in [0.15, 0.2) is 91.0 Å². The van der Waals surface area contributed by atoms with E-state index >= 15 is 0 Å². The first-order valence-corrected chi connectivity index (χ1v) is 10.1. The molecule has 2 heterocycles. The number of H-pyrrole nitrogens is 2. The third kappa shape index (κ3) is 2.58. The number of nitrogens with one attached hydrogen (secondary N) is 2. The smallest absolute Gasteiger partial charge is 0.213 e. The molecule has 0 bridgehead atoms. The van der Waals surface area contributed by atoms with Gasteiger partial charge in [0.05, 0.1) is 16.7 Å². The van der Waals surface area contributed by atoms with Gasteiger partial charge in [-0.3, -0.25) is 4.90 Å². The molecule has 144 valence electrons. The van der Waals surface area contributed by atoms with Gasteiger partial charge in [0.15, 0.2) is 0 Å². The van der Waals surface area contributed by atoms with Crippen molar-refractivity contribution in [2.75, 3.05) is 4.90 Å². The van der Waals surface area contributed by atoms with Crippen molar-refractivity contribution in [1.29, 1.82) is 0 Å². The normalized spacial score (nSPS) is 11.5. The quantitative estimate of drug-likeness (QED) is 0.344. The van der Waals surface area contributed by atoms with Crippen LogP contribution < -0.4 is 4.90 Å². The van der Waals surface area contributed by atoms with Gasteiger partial charge in [-0.25, -0.2) is 4.98 Å². The van der Waals surface area contributed by atoms with Crippen LogP contribution in [0.1, 0.15) is 5.56 Å². The van der Waals surface area contributed by atoms with E-state index < -0.39 is 0 Å². The van der Waals surface area contributed by atoms with Crippen LogP contribution in [-0.2, 0) is 0 Å². The summed E-state index contributed by atoms with van der Waals surface area (Å²) in [5.74, 6) is 0.810. The Kier molecular flexibility index (Phi) is 3.65. The number of hydrogen-bond donors (Lipinski definition) is 2. The Bertz CT molecular complexity index is 1490. The lowest BCUT2D eigenvalue weighted by atomic mass is 10.1. The number of aromatic amines is 2. The average molecular weight is 388 g/mol. The third-order valence-corrected chi connectivity index (χ3v) is 5.69. The molecular formula is C26H20N4. The molecule has 0 aliphatic carbocycles. The van der Waals surface area contributed by atoms with Gasteiger partial charge in [-0.2, -0.15) is 0 Å². The number of nitrogens with zero attached hydrogens (tertiary/aromatic N) is 2. The number of rotatable bonds is 3. The summed E-state index contributed by atoms with van der Waals surface area (Å²) < 4.78 is 0. The molecule has 0 amide bonds. The maximum absolute atomic E-state index is 4.90. The third-order valence-electron chi connectivity index (χ3n) is 5.69. The number of anilines is 3. The molecule has 0 unspecified atom stereocenters. The van der Waals surface area contributed by atoms with Gasteiger partial charge < -0.3 is 9.97 Å². The molecule has 0 aliphatic rings. The van der Waals surface area contributed by atoms with Crippen molar-refractivity contribution in [3.05, 3.63) is 96.6 Å². The van der Waals surface area contributed by atoms with Crippen LogP contribution in [0.3, 0.4) is 0 Å². The number of hydrogen-bond acceptors (Lipinski definition) is 2. The Morgan fingerprint density at radius 1 is 0.667 bits per heavy atom. The lowest BCUT2D eigenvalue weighted by Crippen LogP contribution is -2.12. The van der Waals surface area contributed by atoms with E-state index in [1.165, 1.54) is 16.3 Å².